The monoisotopic (exact) mass is 552 g/mol. The van der Waals surface area contributed by atoms with Crippen LogP contribution in [0.1, 0.15) is 72.7 Å². The lowest BCUT2D eigenvalue weighted by Crippen LogP contribution is -2.22. The van der Waals surface area contributed by atoms with Crippen LogP contribution in [0.4, 0.5) is 0 Å². The Morgan fingerprint density at radius 3 is 1.69 bits per heavy atom. The molecule has 0 N–H and O–H groups in total. The molecule has 8 heteroatoms. The highest BCUT2D eigenvalue weighted by molar-refractivity contribution is 6.51. The van der Waals surface area contributed by atoms with Gasteiger partial charge in [0.2, 0.25) is 0 Å². The minimum absolute atomic E-state index is 0.0468. The van der Waals surface area contributed by atoms with Gasteiger partial charge in [-0.05, 0) is 40.8 Å². The van der Waals surface area contributed by atoms with Gasteiger partial charge < -0.3 is 0 Å². The van der Waals surface area contributed by atoms with Crippen molar-refractivity contribution in [2.45, 2.75) is 51.4 Å². The fraction of sp³-hybridized carbons (Fsp3) is 0.286. The lowest BCUT2D eigenvalue weighted by Gasteiger charge is -2.38. The van der Waals surface area contributed by atoms with E-state index in [1.807, 2.05) is 19.1 Å². The minimum atomic E-state index is -0.0469. The molecule has 180 valence electrons. The van der Waals surface area contributed by atoms with E-state index in [9.17, 15) is 0 Å². The smallest absolute Gasteiger partial charge is 0.129 e. The van der Waals surface area contributed by atoms with Crippen molar-refractivity contribution >= 4 is 78.3 Å². The molecule has 3 aliphatic carbocycles. The number of nitrogens with zero attached hydrogens (tertiary/aromatic N) is 4. The van der Waals surface area contributed by atoms with Crippen molar-refractivity contribution in [3.8, 4) is 11.1 Å². The quantitative estimate of drug-likeness (QED) is 0.253. The van der Waals surface area contributed by atoms with Crippen molar-refractivity contribution < 1.29 is 0 Å². The van der Waals surface area contributed by atoms with Gasteiger partial charge in [-0.2, -0.15) is 0 Å². The van der Waals surface area contributed by atoms with Gasteiger partial charge in [0.05, 0.1) is 42.5 Å². The molecule has 0 saturated carbocycles. The molecule has 2 atom stereocenters. The topological polar surface area (TPSA) is 51.6 Å². The number of hydrogen-bond donors (Lipinski definition) is 0. The second-order valence-corrected chi connectivity index (χ2v) is 11.2. The summed E-state index contributed by atoms with van der Waals surface area (Å²) in [5, 5.41) is 4.22. The molecule has 4 nitrogen and oxygen atoms in total. The van der Waals surface area contributed by atoms with E-state index in [0.717, 1.165) is 86.4 Å². The van der Waals surface area contributed by atoms with E-state index in [2.05, 4.69) is 19.1 Å². The number of unbranched alkanes of at least 4 members (excludes halogenated alkanes) is 1. The number of aryl methyl sites for hydroxylation is 2. The first kappa shape index (κ1) is 22.9. The molecule has 7 rings (SSSR count). The van der Waals surface area contributed by atoms with Crippen LogP contribution in [0.3, 0.4) is 0 Å². The molecule has 2 unspecified atom stereocenters. The molecule has 4 aromatic rings. The largest absolute Gasteiger partial charge is 0.231 e. The standard InChI is InChI=1S/C28H20Cl4N4/c1-3-5-6-20-35-27-17(31)9-13-11-7-15(29)25-23-21(11)12(8-16(30)26(23)34-19(4-2)33-25)14-10-18(32)28(36-20)24(27)22(13)14/h7-11,13H,3-6H2,1-2H3. The van der Waals surface area contributed by atoms with Crippen LogP contribution in [0.5, 0.6) is 0 Å². The number of rotatable bonds is 4. The van der Waals surface area contributed by atoms with Gasteiger partial charge in [-0.25, -0.2) is 19.9 Å². The van der Waals surface area contributed by atoms with E-state index in [-0.39, 0.29) is 11.8 Å². The van der Waals surface area contributed by atoms with Crippen LogP contribution in [-0.4, -0.2) is 19.9 Å². The van der Waals surface area contributed by atoms with Gasteiger partial charge in [-0.15, -0.1) is 0 Å². The third-order valence-electron chi connectivity index (χ3n) is 7.54. The third-order valence-corrected chi connectivity index (χ3v) is 8.73. The second kappa shape index (κ2) is 8.13. The highest BCUT2D eigenvalue weighted by Crippen LogP contribution is 2.59. The predicted molar refractivity (Wildman–Crippen MR) is 149 cm³/mol. The zero-order valence-electron chi connectivity index (χ0n) is 19.6. The normalized spacial score (nSPS) is 19.1. The van der Waals surface area contributed by atoms with Gasteiger partial charge in [0, 0.05) is 35.4 Å². The van der Waals surface area contributed by atoms with E-state index in [4.69, 9.17) is 66.3 Å². The molecule has 2 aromatic carbocycles. The Balaban J connectivity index is 1.61. The summed E-state index contributed by atoms with van der Waals surface area (Å²) in [7, 11) is 0. The van der Waals surface area contributed by atoms with E-state index in [1.165, 1.54) is 0 Å². The Bertz CT molecular complexity index is 1720. The molecule has 3 aliphatic rings. The van der Waals surface area contributed by atoms with E-state index >= 15 is 0 Å². The number of hydrogen-bond acceptors (Lipinski definition) is 4. The second-order valence-electron chi connectivity index (χ2n) is 9.60. The Kier molecular flexibility index (Phi) is 5.17. The van der Waals surface area contributed by atoms with Crippen molar-refractivity contribution in [3.05, 3.63) is 68.5 Å². The molecule has 36 heavy (non-hydrogen) atoms. The Labute approximate surface area is 228 Å². The lowest BCUT2D eigenvalue weighted by molar-refractivity contribution is 0.729. The van der Waals surface area contributed by atoms with Crippen LogP contribution in [0.25, 0.3) is 43.0 Å². The zero-order chi connectivity index (χ0) is 24.9. The summed E-state index contributed by atoms with van der Waals surface area (Å²) in [6, 6.07) is 4.03. The van der Waals surface area contributed by atoms with E-state index in [0.29, 0.717) is 26.5 Å². The Hall–Kier alpha value is -2.24. The maximum Gasteiger partial charge on any atom is 0.129 e. The average molecular weight is 554 g/mol. The third kappa shape index (κ3) is 3.02. The fourth-order valence-corrected chi connectivity index (χ4v) is 7.02. The molecule has 2 aromatic heterocycles. The molecule has 0 bridgehead atoms. The summed E-state index contributed by atoms with van der Waals surface area (Å²) in [4.78, 5) is 19.3. The lowest BCUT2D eigenvalue weighted by atomic mass is 9.66. The maximum atomic E-state index is 6.93. The molecule has 0 amide bonds. The predicted octanol–water partition coefficient (Wildman–Crippen LogP) is 8.82. The number of halogens is 4. The Morgan fingerprint density at radius 2 is 1.19 bits per heavy atom. The van der Waals surface area contributed by atoms with Crippen LogP contribution in [0, 0.1) is 0 Å². The summed E-state index contributed by atoms with van der Waals surface area (Å²) in [6.07, 6.45) is 7.75. The van der Waals surface area contributed by atoms with Crippen molar-refractivity contribution in [2.75, 3.05) is 0 Å². The molecule has 0 aliphatic heterocycles. The van der Waals surface area contributed by atoms with E-state index < -0.39 is 0 Å². The van der Waals surface area contributed by atoms with Crippen LogP contribution < -0.4 is 0 Å². The first-order chi connectivity index (χ1) is 17.4. The summed E-state index contributed by atoms with van der Waals surface area (Å²) in [5.74, 6) is 1.39. The van der Waals surface area contributed by atoms with Crippen molar-refractivity contribution in [2.24, 2.45) is 0 Å². The van der Waals surface area contributed by atoms with Crippen LogP contribution >= 0.6 is 46.4 Å². The number of allylic oxidation sites excluding steroid dienone is 2. The highest BCUT2D eigenvalue weighted by atomic mass is 35.5. The molecule has 0 saturated heterocycles. The minimum Gasteiger partial charge on any atom is -0.231 e. The van der Waals surface area contributed by atoms with Crippen LogP contribution in [-0.2, 0) is 12.8 Å². The maximum absolute atomic E-state index is 6.93. The highest BCUT2D eigenvalue weighted by Gasteiger charge is 2.41. The number of fused-ring (bicyclic) bond motifs is 2. The fourth-order valence-electron chi connectivity index (χ4n) is 5.98. The first-order valence-corrected chi connectivity index (χ1v) is 13.7. The van der Waals surface area contributed by atoms with Gasteiger partial charge in [0.15, 0.2) is 0 Å². The molecular weight excluding hydrogens is 534 g/mol. The number of aromatic nitrogens is 4. The summed E-state index contributed by atoms with van der Waals surface area (Å²) in [5.41, 5.74) is 7.26. The van der Waals surface area contributed by atoms with E-state index in [1.54, 1.807) is 0 Å². The van der Waals surface area contributed by atoms with Crippen LogP contribution in [0.15, 0.2) is 24.3 Å². The van der Waals surface area contributed by atoms with Crippen LogP contribution in [0.2, 0.25) is 10.0 Å². The molecule has 0 fully saturated rings. The Morgan fingerprint density at radius 1 is 0.694 bits per heavy atom. The van der Waals surface area contributed by atoms with Gasteiger partial charge in [0.1, 0.15) is 11.6 Å². The molecule has 2 heterocycles. The molecule has 0 spiro atoms. The van der Waals surface area contributed by atoms with Gasteiger partial charge in [-0.1, -0.05) is 78.8 Å². The summed E-state index contributed by atoms with van der Waals surface area (Å²) < 4.78 is 0. The van der Waals surface area contributed by atoms with Gasteiger partial charge >= 0.3 is 0 Å². The van der Waals surface area contributed by atoms with Crippen molar-refractivity contribution in [1.82, 2.24) is 19.9 Å². The zero-order valence-corrected chi connectivity index (χ0v) is 22.6. The van der Waals surface area contributed by atoms with Gasteiger partial charge in [0.25, 0.3) is 0 Å². The van der Waals surface area contributed by atoms with Gasteiger partial charge in [-0.3, -0.25) is 0 Å². The SMILES string of the molecule is CCCCc1nc2c3c4c(cc(Cl)c3n1)-c1cc(Cl)c3nc(CC)nc5c3c1C(C=C5Cl)C4C=C2Cl. The number of benzene rings is 2. The summed E-state index contributed by atoms with van der Waals surface area (Å²) in [6.45, 7) is 4.18. The van der Waals surface area contributed by atoms with Crippen molar-refractivity contribution in [3.63, 3.8) is 0 Å². The average Bonchev–Trinajstić information content (AvgIpc) is 2.87. The first-order valence-electron chi connectivity index (χ1n) is 12.2. The van der Waals surface area contributed by atoms with Crippen molar-refractivity contribution in [1.29, 1.82) is 0 Å². The summed E-state index contributed by atoms with van der Waals surface area (Å²) >= 11 is 27.6. The molecular formula is C28H20Cl4N4. The molecule has 0 radical (unpaired) electrons.